The summed E-state index contributed by atoms with van der Waals surface area (Å²) in [5, 5.41) is 22.3. The number of nitrogens with zero attached hydrogens (tertiary/aromatic N) is 1. The van der Waals surface area contributed by atoms with Gasteiger partial charge in [0.1, 0.15) is 0 Å². The van der Waals surface area contributed by atoms with Crippen LogP contribution < -0.4 is 9.47 Å². The molecule has 0 amide bonds. The van der Waals surface area contributed by atoms with Gasteiger partial charge in [-0.15, -0.1) is 0 Å². The van der Waals surface area contributed by atoms with Crippen LogP contribution in [-0.4, -0.2) is 85.7 Å². The first-order valence-corrected chi connectivity index (χ1v) is 22.9. The highest BCUT2D eigenvalue weighted by molar-refractivity contribution is 8.77. The summed E-state index contributed by atoms with van der Waals surface area (Å²) >= 11 is 0. The zero-order valence-electron chi connectivity index (χ0n) is 27.7. The molecule has 2 unspecified atom stereocenters. The predicted octanol–water partition coefficient (Wildman–Crippen LogP) is 7.22. The number of unbranched alkanes of at least 4 members (excludes halogenated alkanes) is 2. The Labute approximate surface area is 300 Å². The number of likely N-dealkylation sites (tertiary alicyclic amines) is 1. The van der Waals surface area contributed by atoms with Crippen molar-refractivity contribution in [2.24, 2.45) is 5.92 Å². The molecule has 264 valence electrons. The van der Waals surface area contributed by atoms with Gasteiger partial charge in [-0.25, -0.2) is 0 Å². The fourth-order valence-corrected chi connectivity index (χ4v) is 15.0. The molecule has 1 aromatic rings. The molecule has 2 bridgehead atoms. The van der Waals surface area contributed by atoms with Crippen molar-refractivity contribution in [3.63, 3.8) is 0 Å². The Balaban J connectivity index is 0.000000259. The lowest BCUT2D eigenvalue weighted by atomic mass is 9.49. The van der Waals surface area contributed by atoms with E-state index in [-0.39, 0.29) is 17.8 Å². The van der Waals surface area contributed by atoms with Gasteiger partial charge in [0, 0.05) is 59.4 Å². The van der Waals surface area contributed by atoms with E-state index >= 15 is 0 Å². The predicted molar refractivity (Wildman–Crippen MR) is 195 cm³/mol. The molecule has 48 heavy (non-hydrogen) atoms. The topological polar surface area (TPSA) is 113 Å². The lowest BCUT2D eigenvalue weighted by Gasteiger charge is -2.62. The van der Waals surface area contributed by atoms with E-state index in [9.17, 15) is 19.5 Å². The number of carboxylic acid groups (broad SMARTS) is 1. The zero-order valence-corrected chi connectivity index (χ0v) is 31.0. The molecule has 8 nitrogen and oxygen atoms in total. The molecule has 3 saturated heterocycles. The van der Waals surface area contributed by atoms with E-state index in [1.54, 1.807) is 0 Å². The maximum absolute atomic E-state index is 13.2. The van der Waals surface area contributed by atoms with Gasteiger partial charge in [-0.2, -0.15) is 0 Å². The van der Waals surface area contributed by atoms with Crippen LogP contribution in [0.5, 0.6) is 11.5 Å². The average Bonchev–Trinajstić information content (AvgIpc) is 3.42. The molecule has 0 radical (unpaired) electrons. The number of ether oxygens (including phenoxy) is 2. The van der Waals surface area contributed by atoms with Gasteiger partial charge in [0.2, 0.25) is 0 Å². The number of piperidine rings is 1. The molecule has 2 N–H and O–H groups in total. The quantitative estimate of drug-likeness (QED) is 0.0923. The molecule has 5 fully saturated rings. The number of Topliss-reactive ketones (excluding diaryl/α,β-unsaturated/α-hetero) is 1. The number of ketones is 1. The Hall–Kier alpha value is -1.05. The van der Waals surface area contributed by atoms with E-state index in [2.05, 4.69) is 11.0 Å². The molecule has 3 aliphatic carbocycles. The molecule has 1 aromatic carbocycles. The lowest BCUT2D eigenvalue weighted by molar-refractivity contribution is -0.188. The van der Waals surface area contributed by atoms with Crippen LogP contribution >= 0.6 is 43.2 Å². The first-order chi connectivity index (χ1) is 23.3. The molecule has 7 aliphatic rings. The lowest BCUT2D eigenvalue weighted by Crippen LogP contribution is -2.76. The van der Waals surface area contributed by atoms with Gasteiger partial charge < -0.3 is 19.7 Å². The summed E-state index contributed by atoms with van der Waals surface area (Å²) < 4.78 is 12.3. The second-order valence-corrected chi connectivity index (χ2v) is 20.3. The molecular formula is C36H49NO7S4. The summed E-state index contributed by atoms with van der Waals surface area (Å²) in [6.07, 6.45) is 13.6. The van der Waals surface area contributed by atoms with Crippen molar-refractivity contribution in [2.75, 3.05) is 24.6 Å². The highest BCUT2D eigenvalue weighted by atomic mass is 33.1. The summed E-state index contributed by atoms with van der Waals surface area (Å²) in [4.78, 5) is 38.6. The number of benzene rings is 1. The number of hydrogen-bond acceptors (Lipinski definition) is 11. The van der Waals surface area contributed by atoms with Crippen molar-refractivity contribution in [3.05, 3.63) is 23.3 Å². The molecule has 1 spiro atoms. The SMILES string of the molecule is O=C(CCCCC1CCSS1)Oc1ccc2c3c1O[C@H]1C(=O)CC[C@@]4(O)[C@@H](C2)N(CC2CC2)CC[C@]314.O=C(O)CCCCC1CCSS1. The molecule has 2 saturated carbocycles. The number of rotatable bonds is 13. The Morgan fingerprint density at radius 1 is 0.958 bits per heavy atom. The summed E-state index contributed by atoms with van der Waals surface area (Å²) in [6, 6.07) is 3.91. The fraction of sp³-hybridized carbons (Fsp3) is 0.750. The summed E-state index contributed by atoms with van der Waals surface area (Å²) in [5.74, 6) is 3.36. The van der Waals surface area contributed by atoms with Gasteiger partial charge in [0.25, 0.3) is 0 Å². The number of hydrogen-bond donors (Lipinski definition) is 2. The van der Waals surface area contributed by atoms with Crippen molar-refractivity contribution in [1.82, 2.24) is 4.90 Å². The number of carbonyl (C=O) groups is 3. The van der Waals surface area contributed by atoms with Crippen molar-refractivity contribution in [3.8, 4) is 11.5 Å². The van der Waals surface area contributed by atoms with Gasteiger partial charge >= 0.3 is 11.9 Å². The van der Waals surface area contributed by atoms with Crippen LogP contribution in [0, 0.1) is 5.92 Å². The first-order valence-electron chi connectivity index (χ1n) is 18.1. The van der Waals surface area contributed by atoms with Crippen LogP contribution in [-0.2, 0) is 26.2 Å². The number of aliphatic hydroxyl groups is 1. The minimum Gasteiger partial charge on any atom is -0.481 e. The standard InChI is InChI=1S/C28H35NO5S2.C8H14O2S2/c30-20-9-11-28(32)22-15-18-7-8-21(33-23(31)4-2-1-3-19-10-14-35-36-19)25-24(18)27(28,26(20)34-25)12-13-29(22)16-17-5-6-17;9-8(10)4-2-1-3-7-5-6-11-12-7/h7-8,17,19,22,26,32H,1-6,9-16H2;7H,1-6H2,(H,9,10)/t19?,22-,26+,27+,28-;/m1./s1. The number of aliphatic carboxylic acids is 1. The van der Waals surface area contributed by atoms with E-state index in [1.165, 1.54) is 43.6 Å². The minimum absolute atomic E-state index is 0.00864. The van der Waals surface area contributed by atoms with Gasteiger partial charge in [-0.3, -0.25) is 19.3 Å². The van der Waals surface area contributed by atoms with Gasteiger partial charge in [0.05, 0.1) is 11.0 Å². The van der Waals surface area contributed by atoms with E-state index in [4.69, 9.17) is 14.6 Å². The third-order valence-corrected chi connectivity index (χ3v) is 17.6. The van der Waals surface area contributed by atoms with E-state index in [0.717, 1.165) is 79.2 Å². The van der Waals surface area contributed by atoms with Crippen LogP contribution in [0.15, 0.2) is 12.1 Å². The van der Waals surface area contributed by atoms with Crippen LogP contribution in [0.25, 0.3) is 0 Å². The third kappa shape index (κ3) is 7.18. The smallest absolute Gasteiger partial charge is 0.311 e. The first kappa shape index (κ1) is 35.4. The maximum Gasteiger partial charge on any atom is 0.311 e. The largest absolute Gasteiger partial charge is 0.481 e. The Kier molecular flexibility index (Phi) is 11.3. The number of carboxylic acids is 1. The van der Waals surface area contributed by atoms with Gasteiger partial charge in [0.15, 0.2) is 23.4 Å². The Bertz CT molecular complexity index is 1360. The zero-order chi connectivity index (χ0) is 33.3. The molecule has 4 aliphatic heterocycles. The highest BCUT2D eigenvalue weighted by Crippen LogP contribution is 2.65. The van der Waals surface area contributed by atoms with Crippen LogP contribution in [0.3, 0.4) is 0 Å². The molecule has 6 atom stereocenters. The monoisotopic (exact) mass is 735 g/mol. The van der Waals surface area contributed by atoms with E-state index < -0.39 is 23.1 Å². The normalized spacial score (nSPS) is 33.1. The van der Waals surface area contributed by atoms with Crippen molar-refractivity contribution in [1.29, 1.82) is 0 Å². The molecule has 0 aromatic heterocycles. The van der Waals surface area contributed by atoms with Gasteiger partial charge in [-0.05, 0) is 94.7 Å². The van der Waals surface area contributed by atoms with Crippen LogP contribution in [0.4, 0.5) is 0 Å². The molecule has 12 heteroatoms. The van der Waals surface area contributed by atoms with E-state index in [1.807, 2.05) is 49.2 Å². The Morgan fingerprint density at radius 3 is 2.31 bits per heavy atom. The molecule has 4 heterocycles. The van der Waals surface area contributed by atoms with Crippen molar-refractivity contribution in [2.45, 2.75) is 136 Å². The molecular weight excluding hydrogens is 687 g/mol. The van der Waals surface area contributed by atoms with Crippen molar-refractivity contribution >= 4 is 60.9 Å². The van der Waals surface area contributed by atoms with Crippen molar-refractivity contribution < 1.29 is 34.1 Å². The van der Waals surface area contributed by atoms with Crippen LogP contribution in [0.1, 0.15) is 107 Å². The Morgan fingerprint density at radius 2 is 1.67 bits per heavy atom. The van der Waals surface area contributed by atoms with E-state index in [0.29, 0.717) is 43.6 Å². The fourth-order valence-electron chi connectivity index (χ4n) is 8.93. The second kappa shape index (κ2) is 15.3. The van der Waals surface area contributed by atoms with Crippen LogP contribution in [0.2, 0.25) is 0 Å². The highest BCUT2D eigenvalue weighted by Gasteiger charge is 2.73. The summed E-state index contributed by atoms with van der Waals surface area (Å²) in [6.45, 7) is 1.91. The average molecular weight is 736 g/mol. The second-order valence-electron chi connectivity index (χ2n) is 14.7. The maximum atomic E-state index is 13.2. The third-order valence-electron chi connectivity index (χ3n) is 11.5. The summed E-state index contributed by atoms with van der Waals surface area (Å²) in [5.41, 5.74) is 0.376. The number of esters is 1. The minimum atomic E-state index is -0.990. The molecule has 8 rings (SSSR count). The summed E-state index contributed by atoms with van der Waals surface area (Å²) in [7, 11) is 7.85. The van der Waals surface area contributed by atoms with Gasteiger partial charge in [-0.1, -0.05) is 62.1 Å². The number of carbonyl (C=O) groups excluding carboxylic acids is 2.